The van der Waals surface area contributed by atoms with Crippen molar-refractivity contribution in [3.8, 4) is 0 Å². The fourth-order valence-electron chi connectivity index (χ4n) is 8.61. The van der Waals surface area contributed by atoms with Crippen LogP contribution >= 0.6 is 0 Å². The Bertz CT molecular complexity index is 1510. The largest absolute Gasteiger partial charge is 0.454 e. The molecule has 420 valence electrons. The van der Waals surface area contributed by atoms with Gasteiger partial charge in [-0.2, -0.15) is 0 Å². The average Bonchev–Trinajstić information content (AvgIpc) is 3.39. The van der Waals surface area contributed by atoms with E-state index in [-0.39, 0.29) is 19.4 Å². The van der Waals surface area contributed by atoms with Crippen molar-refractivity contribution in [2.75, 3.05) is 13.2 Å². The van der Waals surface area contributed by atoms with Crippen LogP contribution in [0.15, 0.2) is 85.1 Å². The second-order valence-corrected chi connectivity index (χ2v) is 20.0. The number of ether oxygens (including phenoxy) is 3. The maximum Gasteiger partial charge on any atom is 0.306 e. The molecule has 11 heteroatoms. The van der Waals surface area contributed by atoms with Crippen LogP contribution in [0, 0.1) is 0 Å². The monoisotopic (exact) mass is 1030 g/mol. The van der Waals surface area contributed by atoms with Crippen LogP contribution < -0.4 is 5.32 Å². The lowest BCUT2D eigenvalue weighted by Gasteiger charge is -2.41. The molecule has 1 rings (SSSR count). The molecule has 8 atom stereocenters. The van der Waals surface area contributed by atoms with Gasteiger partial charge in [-0.25, -0.2) is 0 Å². The summed E-state index contributed by atoms with van der Waals surface area (Å²) in [5.41, 5.74) is 0. The number of amides is 1. The number of aliphatic hydroxyl groups is 5. The van der Waals surface area contributed by atoms with E-state index in [2.05, 4.69) is 99.0 Å². The van der Waals surface area contributed by atoms with E-state index >= 15 is 0 Å². The second-order valence-electron chi connectivity index (χ2n) is 20.0. The zero-order valence-electron chi connectivity index (χ0n) is 46.2. The quantitative estimate of drug-likeness (QED) is 0.0195. The van der Waals surface area contributed by atoms with Crippen molar-refractivity contribution in [3.05, 3.63) is 85.1 Å². The lowest BCUT2D eigenvalue weighted by atomic mass is 9.99. The molecule has 1 aliphatic rings. The Morgan fingerprint density at radius 1 is 0.548 bits per heavy atom. The number of unbranched alkanes of at least 4 members (excludes halogenated alkanes) is 22. The summed E-state index contributed by atoms with van der Waals surface area (Å²) in [6.45, 7) is 5.62. The lowest BCUT2D eigenvalue weighted by Crippen LogP contribution is -2.61. The predicted octanol–water partition coefficient (Wildman–Crippen LogP) is 13.4. The van der Waals surface area contributed by atoms with Gasteiger partial charge in [-0.1, -0.05) is 215 Å². The molecule has 11 nitrogen and oxygen atoms in total. The van der Waals surface area contributed by atoms with Gasteiger partial charge in [-0.05, 0) is 96.3 Å². The van der Waals surface area contributed by atoms with E-state index in [1.54, 1.807) is 6.08 Å². The number of carbonyl (C=O) groups excluding carboxylic acids is 2. The summed E-state index contributed by atoms with van der Waals surface area (Å²) >= 11 is 0. The standard InChI is InChI=1S/C62H107NO10/c1-4-7-10-13-16-19-22-24-25-26-27-28-29-30-31-32-35-38-41-44-47-50-57(67)73-60-59(69)58(68)56(51-64)72-62(60)71-52-53(54(65)48-45-42-39-36-33-21-18-15-12-9-6-3)63-61(70)55(66)49-46-43-40-37-34-23-20-17-14-11-8-5-2/h7,10,16,19,24-25,27-28,30-31,34,37,45,48,53-56,58-60,62,64-66,68-69H,4-6,8-9,11-15,17-18,20-23,26,29,32-33,35-36,38-44,46-47,49-52H2,1-3H3,(H,63,70)/b10-7-,19-16-,25-24-,28-27-,31-30-,37-34-,48-45+. The minimum Gasteiger partial charge on any atom is -0.454 e. The highest BCUT2D eigenvalue weighted by Crippen LogP contribution is 2.26. The Balaban J connectivity index is 2.70. The van der Waals surface area contributed by atoms with Crippen molar-refractivity contribution < 1.29 is 49.3 Å². The van der Waals surface area contributed by atoms with E-state index in [0.29, 0.717) is 12.8 Å². The van der Waals surface area contributed by atoms with E-state index in [4.69, 9.17) is 14.2 Å². The highest BCUT2D eigenvalue weighted by Gasteiger charge is 2.47. The zero-order valence-corrected chi connectivity index (χ0v) is 46.2. The maximum atomic E-state index is 13.3. The molecular weight excluding hydrogens is 919 g/mol. The topological polar surface area (TPSA) is 175 Å². The third-order valence-corrected chi connectivity index (χ3v) is 13.3. The van der Waals surface area contributed by atoms with Gasteiger partial charge in [0.2, 0.25) is 5.91 Å². The van der Waals surface area contributed by atoms with Gasteiger partial charge in [0.1, 0.15) is 24.4 Å². The summed E-state index contributed by atoms with van der Waals surface area (Å²) in [7, 11) is 0. The number of allylic oxidation sites excluding steroid dienone is 13. The van der Waals surface area contributed by atoms with E-state index in [1.807, 2.05) is 6.08 Å². The third kappa shape index (κ3) is 38.1. The van der Waals surface area contributed by atoms with Crippen LogP contribution in [0.2, 0.25) is 0 Å². The number of aliphatic hydroxyl groups excluding tert-OH is 5. The molecule has 0 spiro atoms. The summed E-state index contributed by atoms with van der Waals surface area (Å²) in [4.78, 5) is 26.4. The molecule has 0 aromatic heterocycles. The molecule has 1 amide bonds. The summed E-state index contributed by atoms with van der Waals surface area (Å²) in [5, 5.41) is 56.8. The Hall–Kier alpha value is -3.16. The van der Waals surface area contributed by atoms with Gasteiger partial charge in [-0.15, -0.1) is 0 Å². The number of hydrogen-bond acceptors (Lipinski definition) is 10. The molecule has 0 bridgehead atoms. The van der Waals surface area contributed by atoms with Crippen LogP contribution in [0.4, 0.5) is 0 Å². The molecule has 1 heterocycles. The fraction of sp³-hybridized carbons (Fsp3) is 0.742. The van der Waals surface area contributed by atoms with Crippen LogP contribution in [0.1, 0.15) is 233 Å². The molecule has 0 aromatic carbocycles. The van der Waals surface area contributed by atoms with E-state index < -0.39 is 67.4 Å². The van der Waals surface area contributed by atoms with Gasteiger partial charge in [-0.3, -0.25) is 9.59 Å². The molecular formula is C62H107NO10. The fourth-order valence-corrected chi connectivity index (χ4v) is 8.61. The summed E-state index contributed by atoms with van der Waals surface area (Å²) in [5.74, 6) is -1.24. The van der Waals surface area contributed by atoms with Crippen LogP contribution in [0.5, 0.6) is 0 Å². The molecule has 1 aliphatic heterocycles. The molecule has 0 aliphatic carbocycles. The molecule has 0 saturated carbocycles. The molecule has 0 aromatic rings. The first kappa shape index (κ1) is 67.9. The minimum atomic E-state index is -1.63. The van der Waals surface area contributed by atoms with Crippen molar-refractivity contribution in [2.45, 2.75) is 282 Å². The Morgan fingerprint density at radius 2 is 0.986 bits per heavy atom. The molecule has 0 radical (unpaired) electrons. The SMILES string of the molecule is CC/C=C\C/C=C\C/C=C\C/C=C\C/C=C\CCCCCCCC(=O)OC1C(OCC(NC(=O)C(O)CCCC/C=C\CCCCCCCC)C(O)/C=C/CCCCCCCCCCC)OC(CO)C(O)C1O. The Morgan fingerprint density at radius 3 is 1.49 bits per heavy atom. The van der Waals surface area contributed by atoms with Crippen molar-refractivity contribution in [2.24, 2.45) is 0 Å². The smallest absolute Gasteiger partial charge is 0.306 e. The van der Waals surface area contributed by atoms with Crippen molar-refractivity contribution in [1.82, 2.24) is 5.32 Å². The molecule has 73 heavy (non-hydrogen) atoms. The number of carbonyl (C=O) groups is 2. The van der Waals surface area contributed by atoms with Crippen molar-refractivity contribution in [3.63, 3.8) is 0 Å². The van der Waals surface area contributed by atoms with Crippen LogP contribution in [0.25, 0.3) is 0 Å². The normalized spacial score (nSPS) is 20.0. The van der Waals surface area contributed by atoms with Crippen LogP contribution in [0.3, 0.4) is 0 Å². The van der Waals surface area contributed by atoms with E-state index in [1.165, 1.54) is 77.0 Å². The zero-order chi connectivity index (χ0) is 53.3. The maximum absolute atomic E-state index is 13.3. The van der Waals surface area contributed by atoms with Gasteiger partial charge in [0, 0.05) is 6.42 Å². The third-order valence-electron chi connectivity index (χ3n) is 13.3. The summed E-state index contributed by atoms with van der Waals surface area (Å²) in [6, 6.07) is -1.04. The minimum absolute atomic E-state index is 0.0960. The number of nitrogens with one attached hydrogen (secondary N) is 1. The number of hydrogen-bond donors (Lipinski definition) is 6. The first-order valence-corrected chi connectivity index (χ1v) is 29.4. The molecule has 1 saturated heterocycles. The molecule has 6 N–H and O–H groups in total. The highest BCUT2D eigenvalue weighted by atomic mass is 16.7. The Kier molecular flexibility index (Phi) is 46.2. The molecule has 8 unspecified atom stereocenters. The van der Waals surface area contributed by atoms with E-state index in [9.17, 15) is 35.1 Å². The van der Waals surface area contributed by atoms with Crippen LogP contribution in [-0.4, -0.2) is 99.6 Å². The highest BCUT2D eigenvalue weighted by molar-refractivity contribution is 5.80. The summed E-state index contributed by atoms with van der Waals surface area (Å²) in [6.07, 6.45) is 53.4. The lowest BCUT2D eigenvalue weighted by molar-refractivity contribution is -0.305. The van der Waals surface area contributed by atoms with Crippen molar-refractivity contribution in [1.29, 1.82) is 0 Å². The Labute approximate surface area is 444 Å². The van der Waals surface area contributed by atoms with Gasteiger partial charge >= 0.3 is 5.97 Å². The van der Waals surface area contributed by atoms with Gasteiger partial charge in [0.05, 0.1) is 25.4 Å². The van der Waals surface area contributed by atoms with Gasteiger partial charge in [0.25, 0.3) is 0 Å². The van der Waals surface area contributed by atoms with Gasteiger partial charge in [0.15, 0.2) is 12.4 Å². The first-order valence-electron chi connectivity index (χ1n) is 29.4. The number of esters is 1. The first-order chi connectivity index (χ1) is 35.7. The second kappa shape index (κ2) is 49.7. The number of rotatable bonds is 48. The van der Waals surface area contributed by atoms with E-state index in [0.717, 1.165) is 109 Å². The average molecular weight is 1030 g/mol. The summed E-state index contributed by atoms with van der Waals surface area (Å²) < 4.78 is 17.5. The van der Waals surface area contributed by atoms with Crippen LogP contribution in [-0.2, 0) is 23.8 Å². The van der Waals surface area contributed by atoms with Crippen molar-refractivity contribution >= 4 is 11.9 Å². The van der Waals surface area contributed by atoms with Gasteiger partial charge < -0.3 is 45.1 Å². The predicted molar refractivity (Wildman–Crippen MR) is 301 cm³/mol. The molecule has 1 fully saturated rings.